The maximum absolute atomic E-state index is 12.2. The molecule has 9 heteroatoms. The van der Waals surface area contributed by atoms with Gasteiger partial charge in [-0.3, -0.25) is 4.79 Å². The maximum Gasteiger partial charge on any atom is 0.258 e. The van der Waals surface area contributed by atoms with Crippen LogP contribution in [0.3, 0.4) is 0 Å². The van der Waals surface area contributed by atoms with Crippen molar-refractivity contribution in [2.24, 2.45) is 5.14 Å². The minimum atomic E-state index is -3.92. The molecule has 0 aromatic heterocycles. The number of hydrogen-bond donors (Lipinski definition) is 2. The van der Waals surface area contributed by atoms with Crippen LogP contribution in [-0.2, 0) is 21.2 Å². The lowest BCUT2D eigenvalue weighted by molar-refractivity contribution is -0.123. The zero-order valence-corrected chi connectivity index (χ0v) is 17.5. The second-order valence-corrected chi connectivity index (χ2v) is 7.90. The van der Waals surface area contributed by atoms with Crippen LogP contribution in [0.5, 0.6) is 17.2 Å². The van der Waals surface area contributed by atoms with E-state index in [0.717, 1.165) is 0 Å². The number of carbonyl (C=O) groups excluding carboxylic acids is 1. The molecule has 0 heterocycles. The fraction of sp³-hybridized carbons (Fsp3) is 0.350. The molecular weight excluding hydrogens is 396 g/mol. The van der Waals surface area contributed by atoms with E-state index in [1.165, 1.54) is 19.2 Å². The van der Waals surface area contributed by atoms with Crippen molar-refractivity contribution in [2.75, 3.05) is 20.3 Å². The number of ether oxygens (including phenoxy) is 3. The fourth-order valence-electron chi connectivity index (χ4n) is 2.78. The van der Waals surface area contributed by atoms with E-state index in [0.29, 0.717) is 30.1 Å². The van der Waals surface area contributed by atoms with Crippen molar-refractivity contribution < 1.29 is 27.4 Å². The van der Waals surface area contributed by atoms with Gasteiger partial charge in [-0.2, -0.15) is 0 Å². The number of hydrogen-bond acceptors (Lipinski definition) is 6. The highest BCUT2D eigenvalue weighted by Crippen LogP contribution is 2.26. The molecule has 0 saturated carbocycles. The molecule has 8 nitrogen and oxygen atoms in total. The summed E-state index contributed by atoms with van der Waals surface area (Å²) in [5, 5.41) is 8.06. The van der Waals surface area contributed by atoms with Crippen LogP contribution >= 0.6 is 0 Å². The van der Waals surface area contributed by atoms with E-state index < -0.39 is 10.0 Å². The first-order chi connectivity index (χ1) is 13.7. The smallest absolute Gasteiger partial charge is 0.258 e. The van der Waals surface area contributed by atoms with Crippen LogP contribution in [0.4, 0.5) is 0 Å². The van der Waals surface area contributed by atoms with Crippen LogP contribution in [0.25, 0.3) is 0 Å². The lowest BCUT2D eigenvalue weighted by Crippen LogP contribution is -2.37. The summed E-state index contributed by atoms with van der Waals surface area (Å²) in [4.78, 5) is 12.1. The summed E-state index contributed by atoms with van der Waals surface area (Å²) >= 11 is 0. The highest BCUT2D eigenvalue weighted by atomic mass is 32.2. The number of sulfonamides is 1. The average molecular weight is 423 g/mol. The van der Waals surface area contributed by atoms with Gasteiger partial charge in [0.1, 0.15) is 10.6 Å². The van der Waals surface area contributed by atoms with Crippen molar-refractivity contribution in [3.8, 4) is 17.2 Å². The van der Waals surface area contributed by atoms with Crippen molar-refractivity contribution in [1.29, 1.82) is 0 Å². The van der Waals surface area contributed by atoms with Gasteiger partial charge in [0.25, 0.3) is 5.91 Å². The van der Waals surface area contributed by atoms with E-state index in [9.17, 15) is 13.2 Å². The Bertz CT molecular complexity index is 946. The van der Waals surface area contributed by atoms with Gasteiger partial charge in [0.2, 0.25) is 10.0 Å². The van der Waals surface area contributed by atoms with Crippen LogP contribution in [0, 0.1) is 0 Å². The second-order valence-electron chi connectivity index (χ2n) is 6.37. The largest absolute Gasteiger partial charge is 0.495 e. The van der Waals surface area contributed by atoms with Gasteiger partial charge in [0.15, 0.2) is 18.1 Å². The van der Waals surface area contributed by atoms with Crippen molar-refractivity contribution in [2.45, 2.75) is 31.2 Å². The predicted molar refractivity (Wildman–Crippen MR) is 109 cm³/mol. The highest BCUT2D eigenvalue weighted by Gasteiger charge is 2.17. The van der Waals surface area contributed by atoms with E-state index in [2.05, 4.69) is 5.32 Å². The van der Waals surface area contributed by atoms with Gasteiger partial charge in [-0.05, 0) is 50.1 Å². The van der Waals surface area contributed by atoms with Gasteiger partial charge in [0, 0.05) is 6.04 Å². The first-order valence-corrected chi connectivity index (χ1v) is 10.6. The molecule has 0 saturated heterocycles. The Labute approximate surface area is 171 Å². The molecule has 0 aliphatic rings. The molecule has 2 aromatic rings. The first kappa shape index (κ1) is 22.5. The number of methoxy groups -OCH3 is 1. The number of carbonyl (C=O) groups is 1. The number of primary sulfonamides is 1. The minimum Gasteiger partial charge on any atom is -0.495 e. The third-order valence-corrected chi connectivity index (χ3v) is 4.92. The summed E-state index contributed by atoms with van der Waals surface area (Å²) in [5.41, 5.74) is 0.699. The molecule has 0 spiro atoms. The quantitative estimate of drug-likeness (QED) is 0.604. The lowest BCUT2D eigenvalue weighted by Gasteiger charge is -2.16. The Kier molecular flexibility index (Phi) is 7.86. The van der Waals surface area contributed by atoms with E-state index in [1.54, 1.807) is 24.3 Å². The highest BCUT2D eigenvalue weighted by molar-refractivity contribution is 7.89. The summed E-state index contributed by atoms with van der Waals surface area (Å²) in [6, 6.07) is 11.6. The maximum atomic E-state index is 12.2. The Balaban J connectivity index is 1.96. The standard InChI is InChI=1S/C20H26N2O6S/c1-4-27-16-7-5-6-8-17(16)28-13-20(23)22-14(2)11-15-9-10-18(26-3)19(12-15)29(21,24)25/h5-10,12,14H,4,11,13H2,1-3H3,(H,22,23)(H2,21,24,25). The van der Waals surface area contributed by atoms with Crippen molar-refractivity contribution >= 4 is 15.9 Å². The molecule has 1 amide bonds. The lowest BCUT2D eigenvalue weighted by atomic mass is 10.1. The summed E-state index contributed by atoms with van der Waals surface area (Å²) in [6.07, 6.45) is 0.411. The first-order valence-electron chi connectivity index (χ1n) is 9.08. The summed E-state index contributed by atoms with van der Waals surface area (Å²) in [5.74, 6) is 0.938. The zero-order valence-electron chi connectivity index (χ0n) is 16.7. The molecule has 1 atom stereocenters. The molecular formula is C20H26N2O6S. The van der Waals surface area contributed by atoms with E-state index in [-0.39, 0.29) is 29.2 Å². The van der Waals surface area contributed by atoms with Gasteiger partial charge < -0.3 is 19.5 Å². The van der Waals surface area contributed by atoms with Crippen LogP contribution in [0.15, 0.2) is 47.4 Å². The molecule has 2 rings (SSSR count). The molecule has 158 valence electrons. The SMILES string of the molecule is CCOc1ccccc1OCC(=O)NC(C)Cc1ccc(OC)c(S(N)(=O)=O)c1. The second kappa shape index (κ2) is 10.1. The predicted octanol–water partition coefficient (Wildman–Crippen LogP) is 1.87. The van der Waals surface area contributed by atoms with Gasteiger partial charge in [-0.15, -0.1) is 0 Å². The molecule has 0 aliphatic heterocycles. The normalized spacial score (nSPS) is 12.1. The van der Waals surface area contributed by atoms with Gasteiger partial charge >= 0.3 is 0 Å². The summed E-state index contributed by atoms with van der Waals surface area (Å²) in [7, 11) is -2.55. The molecule has 0 aliphatic carbocycles. The number of nitrogens with two attached hydrogens (primary N) is 1. The number of benzene rings is 2. The third-order valence-electron chi connectivity index (χ3n) is 3.99. The minimum absolute atomic E-state index is 0.0908. The number of nitrogens with one attached hydrogen (secondary N) is 1. The molecule has 0 fully saturated rings. The van der Waals surface area contributed by atoms with Crippen molar-refractivity contribution in [1.82, 2.24) is 5.32 Å². The molecule has 0 bridgehead atoms. The van der Waals surface area contributed by atoms with Crippen molar-refractivity contribution in [3.63, 3.8) is 0 Å². The van der Waals surface area contributed by atoms with Crippen LogP contribution in [0.1, 0.15) is 19.4 Å². The number of rotatable bonds is 10. The molecule has 2 aromatic carbocycles. The zero-order chi connectivity index (χ0) is 21.4. The van der Waals surface area contributed by atoms with Gasteiger partial charge in [-0.1, -0.05) is 18.2 Å². The Morgan fingerprint density at radius 2 is 1.76 bits per heavy atom. The topological polar surface area (TPSA) is 117 Å². The molecule has 3 N–H and O–H groups in total. The molecule has 1 unspecified atom stereocenters. The Morgan fingerprint density at radius 1 is 1.10 bits per heavy atom. The molecule has 0 radical (unpaired) electrons. The van der Waals surface area contributed by atoms with Crippen LogP contribution in [0.2, 0.25) is 0 Å². The summed E-state index contributed by atoms with van der Waals surface area (Å²) in [6.45, 7) is 4.00. The Morgan fingerprint density at radius 3 is 2.34 bits per heavy atom. The van der Waals surface area contributed by atoms with E-state index in [4.69, 9.17) is 19.3 Å². The number of amides is 1. The fourth-order valence-corrected chi connectivity index (χ4v) is 3.53. The van der Waals surface area contributed by atoms with E-state index >= 15 is 0 Å². The van der Waals surface area contributed by atoms with Crippen molar-refractivity contribution in [3.05, 3.63) is 48.0 Å². The Hall–Kier alpha value is -2.78. The molecule has 29 heavy (non-hydrogen) atoms. The summed E-state index contributed by atoms with van der Waals surface area (Å²) < 4.78 is 39.5. The third kappa shape index (κ3) is 6.65. The average Bonchev–Trinajstić information content (AvgIpc) is 2.66. The van der Waals surface area contributed by atoms with Gasteiger partial charge in [0.05, 0.1) is 13.7 Å². The monoisotopic (exact) mass is 422 g/mol. The van der Waals surface area contributed by atoms with Crippen LogP contribution in [-0.4, -0.2) is 40.7 Å². The van der Waals surface area contributed by atoms with E-state index in [1.807, 2.05) is 19.9 Å². The number of para-hydroxylation sites is 2. The van der Waals surface area contributed by atoms with Crippen LogP contribution < -0.4 is 24.7 Å². The van der Waals surface area contributed by atoms with Gasteiger partial charge in [-0.25, -0.2) is 13.6 Å².